The number of esters is 1. The van der Waals surface area contributed by atoms with Crippen LogP contribution in [-0.4, -0.2) is 77.7 Å². The van der Waals surface area contributed by atoms with Gasteiger partial charge in [0.2, 0.25) is 18.6 Å². The van der Waals surface area contributed by atoms with Gasteiger partial charge in [0, 0.05) is 37.2 Å². The van der Waals surface area contributed by atoms with E-state index in [1.165, 1.54) is 5.57 Å². The molecule has 7 aliphatic rings. The highest BCUT2D eigenvalue weighted by molar-refractivity contribution is 5.98. The molecule has 0 spiro atoms. The predicted molar refractivity (Wildman–Crippen MR) is 239 cm³/mol. The molecule has 1 aromatic carbocycles. The van der Waals surface area contributed by atoms with Crippen LogP contribution in [0.25, 0.3) is 6.08 Å². The first kappa shape index (κ1) is 44.8. The summed E-state index contributed by atoms with van der Waals surface area (Å²) in [6.45, 7) is 26.7. The van der Waals surface area contributed by atoms with E-state index in [9.17, 15) is 19.5 Å². The molecule has 10 heteroatoms. The normalized spacial score (nSPS) is 37.3. The second-order valence-corrected chi connectivity index (χ2v) is 22.8. The number of ether oxygens (including phenoxy) is 3. The van der Waals surface area contributed by atoms with Crippen molar-refractivity contribution in [2.24, 2.45) is 62.1 Å². The van der Waals surface area contributed by atoms with Gasteiger partial charge in [0.05, 0.1) is 17.3 Å². The number of aliphatic carboxylic acids is 1. The first-order valence-corrected chi connectivity index (χ1v) is 23.9. The van der Waals surface area contributed by atoms with Crippen molar-refractivity contribution >= 4 is 29.8 Å². The van der Waals surface area contributed by atoms with Gasteiger partial charge < -0.3 is 29.1 Å². The Balaban J connectivity index is 0.983. The van der Waals surface area contributed by atoms with E-state index < -0.39 is 22.8 Å². The maximum Gasteiger partial charge on any atom is 0.309 e. The average molecular weight is 855 g/mol. The van der Waals surface area contributed by atoms with Crippen LogP contribution in [0.4, 0.5) is 0 Å². The van der Waals surface area contributed by atoms with Gasteiger partial charge in [0.25, 0.3) is 0 Å². The zero-order valence-electron chi connectivity index (χ0n) is 39.2. The van der Waals surface area contributed by atoms with Gasteiger partial charge in [-0.2, -0.15) is 0 Å². The Labute approximate surface area is 370 Å². The van der Waals surface area contributed by atoms with Crippen molar-refractivity contribution < 1.29 is 38.5 Å². The van der Waals surface area contributed by atoms with Crippen LogP contribution in [0.3, 0.4) is 0 Å². The molecule has 0 aromatic heterocycles. The molecule has 5 saturated carbocycles. The van der Waals surface area contributed by atoms with Gasteiger partial charge >= 0.3 is 11.9 Å². The van der Waals surface area contributed by atoms with Crippen LogP contribution in [-0.2, 0) is 23.9 Å². The Morgan fingerprint density at radius 2 is 1.55 bits per heavy atom. The smallest absolute Gasteiger partial charge is 0.309 e. The van der Waals surface area contributed by atoms with Crippen LogP contribution in [0.5, 0.6) is 11.5 Å². The molecule has 2 aliphatic heterocycles. The second-order valence-electron chi connectivity index (χ2n) is 22.8. The van der Waals surface area contributed by atoms with Gasteiger partial charge in [-0.05, 0) is 161 Å². The van der Waals surface area contributed by atoms with Crippen molar-refractivity contribution in [3.05, 3.63) is 41.5 Å². The van der Waals surface area contributed by atoms with Crippen LogP contribution in [0.1, 0.15) is 145 Å². The Morgan fingerprint density at radius 1 is 0.855 bits per heavy atom. The molecule has 1 N–H and O–H groups in total. The summed E-state index contributed by atoms with van der Waals surface area (Å²) in [7, 11) is 0. The Hall–Kier alpha value is -3.82. The number of piperazine rings is 1. The molecule has 10 atom stereocenters. The SMILES string of the molecule is C=C(C)[C@@H]1CC[C@]2(C(=O)N3CCN(C(=O)/C(=C/c4ccc5c(c4)OCO5)CC)CC3)CC[C@]3(C)[C@H](CC[C@@H]4[C@@]5(C)CC[C@H](OC(=O)CC(C)(C)C(=O)O)C(C)(C)[C@@H]5CC[C@]43C)[C@@H]12. The number of nitrogens with zero attached hydrogens (tertiary/aromatic N) is 2. The lowest BCUT2D eigenvalue weighted by Crippen LogP contribution is -2.68. The highest BCUT2D eigenvalue weighted by Gasteiger charge is 2.72. The topological polar surface area (TPSA) is 123 Å². The quantitative estimate of drug-likeness (QED) is 0.148. The summed E-state index contributed by atoms with van der Waals surface area (Å²) in [6.07, 6.45) is 12.3. The van der Waals surface area contributed by atoms with Crippen LogP contribution < -0.4 is 9.47 Å². The summed E-state index contributed by atoms with van der Waals surface area (Å²) in [4.78, 5) is 58.2. The maximum absolute atomic E-state index is 15.3. The molecule has 340 valence electrons. The molecule has 10 nitrogen and oxygen atoms in total. The van der Waals surface area contributed by atoms with E-state index in [1.807, 2.05) is 36.1 Å². The van der Waals surface area contributed by atoms with Crippen molar-refractivity contribution in [2.75, 3.05) is 33.0 Å². The lowest BCUT2D eigenvalue weighted by atomic mass is 9.32. The molecule has 0 radical (unpaired) electrons. The zero-order valence-corrected chi connectivity index (χ0v) is 39.2. The zero-order chi connectivity index (χ0) is 44.8. The van der Waals surface area contributed by atoms with E-state index in [0.717, 1.165) is 81.1 Å². The molecule has 1 saturated heterocycles. The Morgan fingerprint density at radius 3 is 2.23 bits per heavy atom. The fourth-order valence-electron chi connectivity index (χ4n) is 15.5. The molecule has 2 amide bonds. The van der Waals surface area contributed by atoms with Gasteiger partial charge in [0.1, 0.15) is 6.10 Å². The number of benzene rings is 1. The number of carbonyl (C=O) groups is 4. The van der Waals surface area contributed by atoms with Gasteiger partial charge in [-0.15, -0.1) is 0 Å². The first-order chi connectivity index (χ1) is 29.1. The standard InChI is InChI=1S/C52H74N2O8/c1-11-34(28-33-12-14-37-38(29-33)61-31-60-37)44(56)53-24-26-54(27-25-53)45(57)52-21-16-35(32(2)3)43(52)36-13-15-40-49(8)19-18-41(62-42(55)30-47(4,5)46(58)59)48(6,7)39(49)17-20-51(40,10)50(36,9)22-23-52/h12,14,28-29,35-36,39-41,43H,2,11,13,15-27,30-31H2,1,3-10H3,(H,58,59)/b34-28+/t35-,36+,39-,40+,41-,43+,49-,50+,51+,52-/m0/s1. The highest BCUT2D eigenvalue weighted by Crippen LogP contribution is 2.77. The van der Waals surface area contributed by atoms with Crippen molar-refractivity contribution in [3.8, 4) is 11.5 Å². The van der Waals surface area contributed by atoms with E-state index in [-0.39, 0.29) is 52.8 Å². The molecular formula is C52H74N2O8. The van der Waals surface area contributed by atoms with E-state index in [4.69, 9.17) is 14.2 Å². The number of fused-ring (bicyclic) bond motifs is 8. The Bertz CT molecular complexity index is 2030. The minimum absolute atomic E-state index is 0.0380. The summed E-state index contributed by atoms with van der Waals surface area (Å²) in [6, 6.07) is 5.77. The summed E-state index contributed by atoms with van der Waals surface area (Å²) in [5.41, 5.74) is 1.31. The van der Waals surface area contributed by atoms with E-state index in [0.29, 0.717) is 67.9 Å². The third-order valence-corrected chi connectivity index (χ3v) is 19.1. The number of carbonyl (C=O) groups excluding carboxylic acids is 3. The fourth-order valence-corrected chi connectivity index (χ4v) is 15.5. The van der Waals surface area contributed by atoms with Crippen LogP contribution in [0.15, 0.2) is 35.9 Å². The lowest BCUT2D eigenvalue weighted by molar-refractivity contribution is -0.250. The third kappa shape index (κ3) is 6.92. The van der Waals surface area contributed by atoms with Crippen LogP contribution in [0.2, 0.25) is 0 Å². The van der Waals surface area contributed by atoms with Gasteiger partial charge in [0.15, 0.2) is 11.5 Å². The molecule has 5 aliphatic carbocycles. The third-order valence-electron chi connectivity index (χ3n) is 19.1. The monoisotopic (exact) mass is 855 g/mol. The number of amides is 2. The summed E-state index contributed by atoms with van der Waals surface area (Å²) in [5.74, 6) is 2.27. The van der Waals surface area contributed by atoms with E-state index in [1.54, 1.807) is 13.8 Å². The second kappa shape index (κ2) is 15.7. The minimum atomic E-state index is -1.17. The molecule has 62 heavy (non-hydrogen) atoms. The van der Waals surface area contributed by atoms with Gasteiger partial charge in [-0.1, -0.05) is 59.8 Å². The molecular weight excluding hydrogens is 781 g/mol. The lowest BCUT2D eigenvalue weighted by Gasteiger charge is -2.73. The fraction of sp³-hybridized carbons (Fsp3) is 0.731. The summed E-state index contributed by atoms with van der Waals surface area (Å²) in [5, 5.41) is 9.67. The van der Waals surface area contributed by atoms with Gasteiger partial charge in [-0.3, -0.25) is 19.2 Å². The molecule has 1 aromatic rings. The first-order valence-electron chi connectivity index (χ1n) is 23.9. The summed E-state index contributed by atoms with van der Waals surface area (Å²) >= 11 is 0. The number of carboxylic acids is 1. The van der Waals surface area contributed by atoms with Crippen LogP contribution >= 0.6 is 0 Å². The largest absolute Gasteiger partial charge is 0.481 e. The van der Waals surface area contributed by atoms with Crippen molar-refractivity contribution in [2.45, 2.75) is 145 Å². The Kier molecular flexibility index (Phi) is 11.3. The average Bonchev–Trinajstić information content (AvgIpc) is 3.86. The highest BCUT2D eigenvalue weighted by atomic mass is 16.7. The van der Waals surface area contributed by atoms with Crippen molar-refractivity contribution in [1.82, 2.24) is 9.80 Å². The van der Waals surface area contributed by atoms with Gasteiger partial charge in [-0.25, -0.2) is 0 Å². The molecule has 0 bridgehead atoms. The minimum Gasteiger partial charge on any atom is -0.481 e. The molecule has 0 unspecified atom stereocenters. The van der Waals surface area contributed by atoms with E-state index in [2.05, 4.69) is 53.0 Å². The molecule has 2 heterocycles. The number of hydrogen-bond donors (Lipinski definition) is 1. The van der Waals surface area contributed by atoms with Crippen molar-refractivity contribution in [3.63, 3.8) is 0 Å². The number of hydrogen-bond acceptors (Lipinski definition) is 7. The van der Waals surface area contributed by atoms with Crippen molar-refractivity contribution in [1.29, 1.82) is 0 Å². The maximum atomic E-state index is 15.3. The summed E-state index contributed by atoms with van der Waals surface area (Å²) < 4.78 is 17.3. The molecule has 6 fully saturated rings. The number of carboxylic acid groups (broad SMARTS) is 1. The number of allylic oxidation sites excluding steroid dienone is 1. The number of rotatable bonds is 9. The molecule has 8 rings (SSSR count). The van der Waals surface area contributed by atoms with E-state index >= 15 is 4.79 Å². The predicted octanol–water partition coefficient (Wildman–Crippen LogP) is 9.95. The van der Waals surface area contributed by atoms with Crippen LogP contribution in [0, 0.1) is 62.1 Å².